The van der Waals surface area contributed by atoms with Crippen LogP contribution >= 0.6 is 0 Å². The molecule has 3 heteroatoms. The van der Waals surface area contributed by atoms with Crippen LogP contribution in [-0.2, 0) is 4.79 Å². The first-order valence-corrected chi connectivity index (χ1v) is 8.97. The van der Waals surface area contributed by atoms with Gasteiger partial charge in [0, 0.05) is 5.57 Å². The van der Waals surface area contributed by atoms with Gasteiger partial charge >= 0.3 is 0 Å². The zero-order valence-electron chi connectivity index (χ0n) is 14.8. The first-order valence-electron chi connectivity index (χ1n) is 8.97. The fraction of sp³-hybridized carbons (Fsp3) is 0.476. The maximum Gasteiger partial charge on any atom is 0.270 e. The van der Waals surface area contributed by atoms with Gasteiger partial charge in [-0.15, -0.1) is 0 Å². The summed E-state index contributed by atoms with van der Waals surface area (Å²) in [4.78, 5) is 11.9. The quantitative estimate of drug-likeness (QED) is 0.617. The molecule has 3 rings (SSSR count). The highest BCUT2D eigenvalue weighted by atomic mass is 16.5. The molecule has 1 aromatic carbocycles. The second-order valence-electron chi connectivity index (χ2n) is 7.50. The van der Waals surface area contributed by atoms with Crippen molar-refractivity contribution in [2.75, 3.05) is 0 Å². The van der Waals surface area contributed by atoms with Gasteiger partial charge in [-0.2, -0.15) is 0 Å². The third kappa shape index (κ3) is 3.18. The highest BCUT2D eigenvalue weighted by Crippen LogP contribution is 2.44. The zero-order chi connectivity index (χ0) is 17.3. The first-order chi connectivity index (χ1) is 11.5. The predicted octanol–water partition coefficient (Wildman–Crippen LogP) is 4.85. The first kappa shape index (κ1) is 17.0. The molecule has 2 aliphatic carbocycles. The Morgan fingerprint density at radius 3 is 2.71 bits per heavy atom. The second kappa shape index (κ2) is 6.94. The maximum absolute atomic E-state index is 11.9. The monoisotopic (exact) mass is 325 g/mol. The largest absolute Gasteiger partial charge is 0.288 e. The van der Waals surface area contributed by atoms with Gasteiger partial charge in [0.25, 0.3) is 5.91 Å². The summed E-state index contributed by atoms with van der Waals surface area (Å²) in [6.07, 6.45) is 6.26. The summed E-state index contributed by atoms with van der Waals surface area (Å²) in [5.41, 5.74) is 8.20. The molecule has 0 saturated carbocycles. The zero-order valence-corrected chi connectivity index (χ0v) is 14.8. The van der Waals surface area contributed by atoms with Gasteiger partial charge in [-0.3, -0.25) is 10.0 Å². The summed E-state index contributed by atoms with van der Waals surface area (Å²) in [5.74, 6) is 0.855. The minimum Gasteiger partial charge on any atom is -0.288 e. The molecule has 0 aromatic heterocycles. The van der Waals surface area contributed by atoms with E-state index in [2.05, 4.69) is 45.0 Å². The molecule has 2 unspecified atom stereocenters. The average Bonchev–Trinajstić information content (AvgIpc) is 2.60. The molecular formula is C21H27NO2. The molecule has 1 aromatic rings. The molecule has 1 amide bonds. The van der Waals surface area contributed by atoms with Crippen LogP contribution in [0.4, 0.5) is 0 Å². The molecule has 128 valence electrons. The Morgan fingerprint density at radius 1 is 1.25 bits per heavy atom. The Balaban J connectivity index is 1.89. The summed E-state index contributed by atoms with van der Waals surface area (Å²) in [5, 5.41) is 8.97. The Bertz CT molecular complexity index is 700. The van der Waals surface area contributed by atoms with Gasteiger partial charge in [0.1, 0.15) is 0 Å². The van der Waals surface area contributed by atoms with Crippen molar-refractivity contribution in [1.29, 1.82) is 0 Å². The van der Waals surface area contributed by atoms with Crippen molar-refractivity contribution in [3.63, 3.8) is 0 Å². The van der Waals surface area contributed by atoms with Gasteiger partial charge < -0.3 is 0 Å². The van der Waals surface area contributed by atoms with Gasteiger partial charge in [0.2, 0.25) is 0 Å². The molecule has 0 heterocycles. The van der Waals surface area contributed by atoms with E-state index in [0.29, 0.717) is 17.4 Å². The molecule has 24 heavy (non-hydrogen) atoms. The van der Waals surface area contributed by atoms with E-state index in [1.54, 1.807) is 5.48 Å². The van der Waals surface area contributed by atoms with Crippen LogP contribution in [0.25, 0.3) is 0 Å². The number of carbonyl (C=O) groups excluding carboxylic acids is 1. The fourth-order valence-corrected chi connectivity index (χ4v) is 4.25. The molecular weight excluding hydrogens is 298 g/mol. The summed E-state index contributed by atoms with van der Waals surface area (Å²) >= 11 is 0. The van der Waals surface area contributed by atoms with E-state index < -0.39 is 0 Å². The van der Waals surface area contributed by atoms with Gasteiger partial charge in [-0.05, 0) is 66.2 Å². The summed E-state index contributed by atoms with van der Waals surface area (Å²) in [6.45, 7) is 6.56. The lowest BCUT2D eigenvalue weighted by Crippen LogP contribution is -2.27. The third-order valence-corrected chi connectivity index (χ3v) is 5.55. The molecule has 2 aliphatic rings. The number of carbonyl (C=O) groups is 1. The normalized spacial score (nSPS) is 23.8. The summed E-state index contributed by atoms with van der Waals surface area (Å²) in [6, 6.07) is 8.77. The van der Waals surface area contributed by atoms with Crippen LogP contribution < -0.4 is 5.48 Å². The van der Waals surface area contributed by atoms with Gasteiger partial charge in [0.05, 0.1) is 0 Å². The van der Waals surface area contributed by atoms with Crippen LogP contribution in [0.2, 0.25) is 0 Å². The predicted molar refractivity (Wildman–Crippen MR) is 95.9 cm³/mol. The van der Waals surface area contributed by atoms with E-state index in [-0.39, 0.29) is 11.8 Å². The SMILES string of the molecule is CC1CC2=C(C=C1C(=O)NO)CC(c1ccccc1C(C)C)CC2. The minimum atomic E-state index is -0.362. The van der Waals surface area contributed by atoms with Crippen molar-refractivity contribution >= 4 is 5.91 Å². The molecule has 2 N–H and O–H groups in total. The Labute approximate surface area is 144 Å². The molecule has 0 radical (unpaired) electrons. The minimum absolute atomic E-state index is 0.176. The number of nitrogens with one attached hydrogen (secondary N) is 1. The van der Waals surface area contributed by atoms with Gasteiger partial charge in [-0.25, -0.2) is 5.48 Å². The lowest BCUT2D eigenvalue weighted by Gasteiger charge is -2.33. The number of benzene rings is 1. The van der Waals surface area contributed by atoms with E-state index in [9.17, 15) is 4.79 Å². The van der Waals surface area contributed by atoms with Gasteiger partial charge in [0.15, 0.2) is 0 Å². The lowest BCUT2D eigenvalue weighted by molar-refractivity contribution is -0.125. The van der Waals surface area contributed by atoms with Crippen LogP contribution in [0.1, 0.15) is 69.4 Å². The van der Waals surface area contributed by atoms with Crippen LogP contribution in [0.5, 0.6) is 0 Å². The number of hydrogen-bond acceptors (Lipinski definition) is 2. The number of rotatable bonds is 3. The van der Waals surface area contributed by atoms with E-state index in [1.165, 1.54) is 28.7 Å². The van der Waals surface area contributed by atoms with E-state index in [4.69, 9.17) is 5.21 Å². The van der Waals surface area contributed by atoms with Crippen LogP contribution in [0.15, 0.2) is 47.1 Å². The van der Waals surface area contributed by atoms with Crippen molar-refractivity contribution in [2.24, 2.45) is 5.92 Å². The molecule has 3 nitrogen and oxygen atoms in total. The van der Waals surface area contributed by atoms with Crippen LogP contribution in [-0.4, -0.2) is 11.1 Å². The Kier molecular flexibility index (Phi) is 4.91. The maximum atomic E-state index is 11.9. The third-order valence-electron chi connectivity index (χ3n) is 5.55. The summed E-state index contributed by atoms with van der Waals surface area (Å²) in [7, 11) is 0. The van der Waals surface area contributed by atoms with Crippen LogP contribution in [0, 0.1) is 5.92 Å². The average molecular weight is 325 g/mol. The smallest absolute Gasteiger partial charge is 0.270 e. The summed E-state index contributed by atoms with van der Waals surface area (Å²) < 4.78 is 0. The number of amides is 1. The molecule has 0 bridgehead atoms. The van der Waals surface area contributed by atoms with Gasteiger partial charge in [-0.1, -0.05) is 50.6 Å². The molecule has 0 saturated heterocycles. The van der Waals surface area contributed by atoms with E-state index in [0.717, 1.165) is 19.3 Å². The highest BCUT2D eigenvalue weighted by Gasteiger charge is 2.30. The standard InChI is InChI=1S/C21H27NO2/c1-13(2)18-6-4-5-7-19(18)16-9-8-15-10-14(3)20(21(23)22-24)12-17(15)11-16/h4-7,12-14,16,24H,8-11H2,1-3H3,(H,22,23). The van der Waals surface area contributed by atoms with Crippen molar-refractivity contribution in [1.82, 2.24) is 5.48 Å². The highest BCUT2D eigenvalue weighted by molar-refractivity contribution is 5.94. The topological polar surface area (TPSA) is 49.3 Å². The van der Waals surface area contributed by atoms with E-state index >= 15 is 0 Å². The molecule has 0 aliphatic heterocycles. The molecule has 2 atom stereocenters. The lowest BCUT2D eigenvalue weighted by atomic mass is 9.72. The van der Waals surface area contributed by atoms with Crippen molar-refractivity contribution in [3.8, 4) is 0 Å². The number of hydrogen-bond donors (Lipinski definition) is 2. The Morgan fingerprint density at radius 2 is 2.00 bits per heavy atom. The Hall–Kier alpha value is -1.87. The van der Waals surface area contributed by atoms with Crippen LogP contribution in [0.3, 0.4) is 0 Å². The molecule has 0 fully saturated rings. The number of hydroxylamine groups is 1. The van der Waals surface area contributed by atoms with Crippen molar-refractivity contribution in [3.05, 3.63) is 58.2 Å². The number of allylic oxidation sites excluding steroid dienone is 3. The fourth-order valence-electron chi connectivity index (χ4n) is 4.25. The van der Waals surface area contributed by atoms with Crippen molar-refractivity contribution < 1.29 is 10.0 Å². The second-order valence-corrected chi connectivity index (χ2v) is 7.50. The van der Waals surface area contributed by atoms with Crippen molar-refractivity contribution in [2.45, 2.75) is 58.3 Å². The van der Waals surface area contributed by atoms with E-state index in [1.807, 2.05) is 6.08 Å². The molecule has 0 spiro atoms.